The SMILES string of the molecule is COC(=O)c1ccccc1N(C)C(=O)c1cncnc1. The second kappa shape index (κ2) is 5.92. The van der Waals surface area contributed by atoms with Crippen LogP contribution in [-0.4, -0.2) is 36.0 Å². The summed E-state index contributed by atoms with van der Waals surface area (Å²) in [6.07, 6.45) is 4.19. The average Bonchev–Trinajstić information content (AvgIpc) is 2.53. The van der Waals surface area contributed by atoms with Gasteiger partial charge in [0.05, 0.1) is 23.9 Å². The van der Waals surface area contributed by atoms with Crippen LogP contribution >= 0.6 is 0 Å². The minimum absolute atomic E-state index is 0.304. The van der Waals surface area contributed by atoms with Crippen LogP contribution in [-0.2, 0) is 4.74 Å². The number of rotatable bonds is 3. The number of esters is 1. The van der Waals surface area contributed by atoms with Gasteiger partial charge in [-0.25, -0.2) is 14.8 Å². The van der Waals surface area contributed by atoms with E-state index >= 15 is 0 Å². The molecule has 2 rings (SSSR count). The lowest BCUT2D eigenvalue weighted by Gasteiger charge is -2.19. The number of methoxy groups -OCH3 is 1. The van der Waals surface area contributed by atoms with Crippen LogP contribution in [0.25, 0.3) is 0 Å². The number of ether oxygens (including phenoxy) is 1. The number of aromatic nitrogens is 2. The number of nitrogens with zero attached hydrogens (tertiary/aromatic N) is 3. The number of anilines is 1. The van der Waals surface area contributed by atoms with Crippen molar-refractivity contribution >= 4 is 17.6 Å². The fourth-order valence-corrected chi connectivity index (χ4v) is 1.76. The number of hydrogen-bond acceptors (Lipinski definition) is 5. The van der Waals surface area contributed by atoms with Crippen molar-refractivity contribution in [1.82, 2.24) is 9.97 Å². The van der Waals surface area contributed by atoms with Gasteiger partial charge < -0.3 is 9.64 Å². The molecule has 0 saturated heterocycles. The van der Waals surface area contributed by atoms with Crippen molar-refractivity contribution in [3.63, 3.8) is 0 Å². The molecule has 0 aliphatic heterocycles. The summed E-state index contributed by atoms with van der Waals surface area (Å²) in [4.78, 5) is 33.0. The molecule has 1 amide bonds. The number of carbonyl (C=O) groups is 2. The number of amides is 1. The second-order valence-electron chi connectivity index (χ2n) is 4.00. The summed E-state index contributed by atoms with van der Waals surface area (Å²) in [5.41, 5.74) is 1.13. The van der Waals surface area contributed by atoms with E-state index in [9.17, 15) is 9.59 Å². The highest BCUT2D eigenvalue weighted by Gasteiger charge is 2.20. The van der Waals surface area contributed by atoms with Gasteiger partial charge in [0.2, 0.25) is 0 Å². The van der Waals surface area contributed by atoms with Crippen molar-refractivity contribution in [3.05, 3.63) is 54.1 Å². The molecule has 1 heterocycles. The summed E-state index contributed by atoms with van der Waals surface area (Å²) in [7, 11) is 2.88. The van der Waals surface area contributed by atoms with E-state index in [-0.39, 0.29) is 5.91 Å². The molecule has 102 valence electrons. The molecule has 2 aromatic rings. The number of hydrogen-bond donors (Lipinski definition) is 0. The fourth-order valence-electron chi connectivity index (χ4n) is 1.76. The highest BCUT2D eigenvalue weighted by atomic mass is 16.5. The summed E-state index contributed by atoms with van der Waals surface area (Å²) in [6, 6.07) is 6.73. The first-order valence-corrected chi connectivity index (χ1v) is 5.85. The molecule has 20 heavy (non-hydrogen) atoms. The first-order valence-electron chi connectivity index (χ1n) is 5.85. The van der Waals surface area contributed by atoms with E-state index in [0.717, 1.165) is 0 Å². The van der Waals surface area contributed by atoms with Crippen molar-refractivity contribution in [2.75, 3.05) is 19.1 Å². The van der Waals surface area contributed by atoms with E-state index in [1.165, 1.54) is 30.7 Å². The predicted octanol–water partition coefficient (Wildman–Crippen LogP) is 1.54. The topological polar surface area (TPSA) is 72.4 Å². The third-order valence-corrected chi connectivity index (χ3v) is 2.78. The minimum atomic E-state index is -0.496. The molecular weight excluding hydrogens is 258 g/mol. The number of para-hydroxylation sites is 1. The standard InChI is InChI=1S/C14H13N3O3/c1-17(13(18)10-7-15-9-16-8-10)12-6-4-3-5-11(12)14(19)20-2/h3-9H,1-2H3. The van der Waals surface area contributed by atoms with Gasteiger partial charge in [0.1, 0.15) is 6.33 Å². The lowest BCUT2D eigenvalue weighted by Crippen LogP contribution is -2.28. The third kappa shape index (κ3) is 2.64. The molecule has 1 aromatic heterocycles. The maximum absolute atomic E-state index is 12.3. The van der Waals surface area contributed by atoms with Crippen LogP contribution in [0.5, 0.6) is 0 Å². The molecule has 6 heteroatoms. The largest absolute Gasteiger partial charge is 0.465 e. The Labute approximate surface area is 116 Å². The average molecular weight is 271 g/mol. The van der Waals surface area contributed by atoms with Gasteiger partial charge in [0, 0.05) is 19.4 Å². The molecule has 0 aliphatic carbocycles. The Hall–Kier alpha value is -2.76. The normalized spacial score (nSPS) is 9.90. The minimum Gasteiger partial charge on any atom is -0.465 e. The van der Waals surface area contributed by atoms with E-state index in [2.05, 4.69) is 9.97 Å². The Morgan fingerprint density at radius 2 is 1.80 bits per heavy atom. The smallest absolute Gasteiger partial charge is 0.339 e. The highest BCUT2D eigenvalue weighted by Crippen LogP contribution is 2.21. The summed E-state index contributed by atoms with van der Waals surface area (Å²) in [5, 5.41) is 0. The van der Waals surface area contributed by atoms with Gasteiger partial charge >= 0.3 is 5.97 Å². The molecule has 0 atom stereocenters. The van der Waals surface area contributed by atoms with Gasteiger partial charge in [-0.05, 0) is 12.1 Å². The lowest BCUT2D eigenvalue weighted by atomic mass is 10.1. The number of benzene rings is 1. The second-order valence-corrected chi connectivity index (χ2v) is 4.00. The van der Waals surface area contributed by atoms with Gasteiger partial charge in [-0.2, -0.15) is 0 Å². The van der Waals surface area contributed by atoms with E-state index in [1.807, 2.05) is 0 Å². The summed E-state index contributed by atoms with van der Waals surface area (Å²) < 4.78 is 4.71. The zero-order valence-electron chi connectivity index (χ0n) is 11.1. The summed E-state index contributed by atoms with van der Waals surface area (Å²) in [6.45, 7) is 0. The molecule has 0 N–H and O–H groups in total. The molecule has 0 bridgehead atoms. The van der Waals surface area contributed by atoms with E-state index in [0.29, 0.717) is 16.8 Å². The molecule has 6 nitrogen and oxygen atoms in total. The predicted molar refractivity (Wildman–Crippen MR) is 72.5 cm³/mol. The van der Waals surface area contributed by atoms with E-state index in [1.54, 1.807) is 31.3 Å². The first kappa shape index (κ1) is 13.7. The Morgan fingerprint density at radius 3 is 2.45 bits per heavy atom. The monoisotopic (exact) mass is 271 g/mol. The molecule has 0 aliphatic rings. The van der Waals surface area contributed by atoms with Crippen LogP contribution in [0.3, 0.4) is 0 Å². The lowest BCUT2D eigenvalue weighted by molar-refractivity contribution is 0.0601. The third-order valence-electron chi connectivity index (χ3n) is 2.78. The molecule has 0 saturated carbocycles. The van der Waals surface area contributed by atoms with Crippen molar-refractivity contribution < 1.29 is 14.3 Å². The van der Waals surface area contributed by atoms with Crippen molar-refractivity contribution in [2.24, 2.45) is 0 Å². The Balaban J connectivity index is 2.37. The summed E-state index contributed by atoms with van der Waals surface area (Å²) in [5.74, 6) is -0.800. The van der Waals surface area contributed by atoms with Crippen LogP contribution < -0.4 is 4.90 Å². The molecule has 1 aromatic carbocycles. The molecule has 0 radical (unpaired) electrons. The quantitative estimate of drug-likeness (QED) is 0.792. The highest BCUT2D eigenvalue weighted by molar-refractivity contribution is 6.08. The van der Waals surface area contributed by atoms with Gasteiger partial charge in [0.25, 0.3) is 5.91 Å². The van der Waals surface area contributed by atoms with Crippen LogP contribution in [0.15, 0.2) is 43.0 Å². The Bertz CT molecular complexity index is 629. The van der Waals surface area contributed by atoms with Gasteiger partial charge in [-0.1, -0.05) is 12.1 Å². The molecule has 0 spiro atoms. The van der Waals surface area contributed by atoms with Gasteiger partial charge in [0.15, 0.2) is 0 Å². The van der Waals surface area contributed by atoms with Crippen LogP contribution in [0.2, 0.25) is 0 Å². The summed E-state index contributed by atoms with van der Waals surface area (Å²) >= 11 is 0. The van der Waals surface area contributed by atoms with Crippen LogP contribution in [0.1, 0.15) is 20.7 Å². The van der Waals surface area contributed by atoms with Gasteiger partial charge in [-0.3, -0.25) is 4.79 Å². The maximum Gasteiger partial charge on any atom is 0.339 e. The molecule has 0 unspecified atom stereocenters. The van der Waals surface area contributed by atoms with E-state index in [4.69, 9.17) is 4.74 Å². The fraction of sp³-hybridized carbons (Fsp3) is 0.143. The van der Waals surface area contributed by atoms with Crippen LogP contribution in [0.4, 0.5) is 5.69 Å². The molecule has 0 fully saturated rings. The molecular formula is C14H13N3O3. The van der Waals surface area contributed by atoms with Crippen LogP contribution in [0, 0.1) is 0 Å². The van der Waals surface area contributed by atoms with Crippen molar-refractivity contribution in [3.8, 4) is 0 Å². The Morgan fingerprint density at radius 1 is 1.15 bits per heavy atom. The maximum atomic E-state index is 12.3. The first-order chi connectivity index (χ1) is 9.65. The van der Waals surface area contributed by atoms with Gasteiger partial charge in [-0.15, -0.1) is 0 Å². The zero-order valence-corrected chi connectivity index (χ0v) is 11.1. The Kier molecular flexibility index (Phi) is 4.05. The number of carbonyl (C=O) groups excluding carboxylic acids is 2. The van der Waals surface area contributed by atoms with Crippen molar-refractivity contribution in [1.29, 1.82) is 0 Å². The van der Waals surface area contributed by atoms with Crippen molar-refractivity contribution in [2.45, 2.75) is 0 Å². The van der Waals surface area contributed by atoms with E-state index < -0.39 is 5.97 Å². The zero-order chi connectivity index (χ0) is 14.5.